The average molecular weight is 214 g/mol. The Kier molecular flexibility index (Phi) is 4.05. The molecule has 0 aromatic rings. The van der Waals surface area contributed by atoms with Crippen LogP contribution in [-0.4, -0.2) is 48.9 Å². The third-order valence-corrected chi connectivity index (χ3v) is 2.61. The standard InChI is InChI=1S/C9H18N4O2/c1-12-8(14)2-3-9(15)13-4-6(10)7(11)5-13/h6-7H,2-5,10-11H2,1H3,(H,12,14)/t6-,7-/m0/s1. The Hall–Kier alpha value is -1.14. The summed E-state index contributed by atoms with van der Waals surface area (Å²) in [5, 5.41) is 2.47. The first-order valence-corrected chi connectivity index (χ1v) is 5.04. The maximum Gasteiger partial charge on any atom is 0.223 e. The van der Waals surface area contributed by atoms with Gasteiger partial charge in [0.25, 0.3) is 0 Å². The van der Waals surface area contributed by atoms with E-state index in [2.05, 4.69) is 5.32 Å². The number of likely N-dealkylation sites (tertiary alicyclic amines) is 1. The highest BCUT2D eigenvalue weighted by molar-refractivity contribution is 5.83. The molecule has 15 heavy (non-hydrogen) atoms. The Labute approximate surface area is 89.0 Å². The van der Waals surface area contributed by atoms with Crippen LogP contribution in [0.15, 0.2) is 0 Å². The lowest BCUT2D eigenvalue weighted by atomic mass is 10.2. The lowest BCUT2D eigenvalue weighted by Gasteiger charge is -2.15. The van der Waals surface area contributed by atoms with Gasteiger partial charge >= 0.3 is 0 Å². The van der Waals surface area contributed by atoms with Crippen LogP contribution in [0.4, 0.5) is 0 Å². The van der Waals surface area contributed by atoms with Gasteiger partial charge < -0.3 is 21.7 Å². The fraction of sp³-hybridized carbons (Fsp3) is 0.778. The van der Waals surface area contributed by atoms with E-state index in [0.29, 0.717) is 13.1 Å². The number of nitrogens with two attached hydrogens (primary N) is 2. The molecule has 0 saturated carbocycles. The number of carbonyl (C=O) groups is 2. The van der Waals surface area contributed by atoms with Crippen molar-refractivity contribution in [1.82, 2.24) is 10.2 Å². The third kappa shape index (κ3) is 3.17. The van der Waals surface area contributed by atoms with Gasteiger partial charge in [0.15, 0.2) is 0 Å². The second kappa shape index (κ2) is 5.09. The van der Waals surface area contributed by atoms with Crippen LogP contribution in [0.5, 0.6) is 0 Å². The Bertz CT molecular complexity index is 246. The van der Waals surface area contributed by atoms with Crippen LogP contribution in [-0.2, 0) is 9.59 Å². The summed E-state index contributed by atoms with van der Waals surface area (Å²) in [6.07, 6.45) is 0.440. The molecule has 1 fully saturated rings. The van der Waals surface area contributed by atoms with E-state index in [0.717, 1.165) is 0 Å². The molecule has 0 aromatic heterocycles. The van der Waals surface area contributed by atoms with Gasteiger partial charge in [-0.15, -0.1) is 0 Å². The van der Waals surface area contributed by atoms with E-state index in [9.17, 15) is 9.59 Å². The summed E-state index contributed by atoms with van der Waals surface area (Å²) in [4.78, 5) is 24.1. The number of nitrogens with zero attached hydrogens (tertiary/aromatic N) is 1. The molecule has 0 aliphatic carbocycles. The van der Waals surface area contributed by atoms with E-state index in [4.69, 9.17) is 11.5 Å². The van der Waals surface area contributed by atoms with E-state index in [1.165, 1.54) is 0 Å². The first-order valence-electron chi connectivity index (χ1n) is 5.04. The van der Waals surface area contributed by atoms with Gasteiger partial charge in [-0.2, -0.15) is 0 Å². The predicted molar refractivity (Wildman–Crippen MR) is 55.8 cm³/mol. The van der Waals surface area contributed by atoms with Crippen molar-refractivity contribution in [3.63, 3.8) is 0 Å². The summed E-state index contributed by atoms with van der Waals surface area (Å²) >= 11 is 0. The van der Waals surface area contributed by atoms with Gasteiger partial charge in [-0.3, -0.25) is 9.59 Å². The number of carbonyl (C=O) groups excluding carboxylic acids is 2. The second-order valence-electron chi connectivity index (χ2n) is 3.80. The number of amides is 2. The number of hydrogen-bond acceptors (Lipinski definition) is 4. The Morgan fingerprint density at radius 1 is 1.27 bits per heavy atom. The van der Waals surface area contributed by atoms with E-state index in [1.807, 2.05) is 0 Å². The maximum atomic E-state index is 11.6. The van der Waals surface area contributed by atoms with Gasteiger partial charge in [-0.1, -0.05) is 0 Å². The molecule has 0 unspecified atom stereocenters. The van der Waals surface area contributed by atoms with Crippen molar-refractivity contribution < 1.29 is 9.59 Å². The molecule has 0 radical (unpaired) electrons. The fourth-order valence-corrected chi connectivity index (χ4v) is 1.56. The normalized spacial score (nSPS) is 25.4. The summed E-state index contributed by atoms with van der Waals surface area (Å²) in [6.45, 7) is 0.988. The second-order valence-corrected chi connectivity index (χ2v) is 3.80. The highest BCUT2D eigenvalue weighted by atomic mass is 16.2. The predicted octanol–water partition coefficient (Wildman–Crippen LogP) is -1.99. The Morgan fingerprint density at radius 2 is 1.80 bits per heavy atom. The summed E-state index contributed by atoms with van der Waals surface area (Å²) in [6, 6.07) is -0.289. The molecule has 1 aliphatic heterocycles. The van der Waals surface area contributed by atoms with Crippen molar-refractivity contribution in [3.05, 3.63) is 0 Å². The number of rotatable bonds is 3. The van der Waals surface area contributed by atoms with E-state index in [1.54, 1.807) is 11.9 Å². The minimum atomic E-state index is -0.144. The largest absolute Gasteiger partial charge is 0.359 e. The molecule has 0 aromatic carbocycles. The summed E-state index contributed by atoms with van der Waals surface area (Å²) in [5.41, 5.74) is 11.4. The molecule has 2 amide bonds. The van der Waals surface area contributed by atoms with Crippen LogP contribution in [0.2, 0.25) is 0 Å². The molecule has 0 spiro atoms. The molecule has 2 atom stereocenters. The first kappa shape index (κ1) is 11.9. The molecule has 6 heteroatoms. The topological polar surface area (TPSA) is 101 Å². The summed E-state index contributed by atoms with van der Waals surface area (Å²) in [7, 11) is 1.55. The van der Waals surface area contributed by atoms with Gasteiger partial charge in [-0.05, 0) is 0 Å². The van der Waals surface area contributed by atoms with Gasteiger partial charge in [-0.25, -0.2) is 0 Å². The molecular formula is C9H18N4O2. The molecule has 5 N–H and O–H groups in total. The average Bonchev–Trinajstić information content (AvgIpc) is 2.55. The molecule has 1 rings (SSSR count). The van der Waals surface area contributed by atoms with Crippen LogP contribution in [0.3, 0.4) is 0 Å². The molecule has 0 bridgehead atoms. The highest BCUT2D eigenvalue weighted by Crippen LogP contribution is 2.08. The minimum absolute atomic E-state index is 0.0537. The fourth-order valence-electron chi connectivity index (χ4n) is 1.56. The zero-order valence-electron chi connectivity index (χ0n) is 8.90. The van der Waals surface area contributed by atoms with Crippen molar-refractivity contribution in [2.24, 2.45) is 11.5 Å². The zero-order valence-corrected chi connectivity index (χ0v) is 8.90. The third-order valence-electron chi connectivity index (χ3n) is 2.61. The Balaban J connectivity index is 2.32. The molecule has 86 valence electrons. The molecular weight excluding hydrogens is 196 g/mol. The van der Waals surface area contributed by atoms with Crippen molar-refractivity contribution >= 4 is 11.8 Å². The molecule has 1 heterocycles. The van der Waals surface area contributed by atoms with Crippen LogP contribution < -0.4 is 16.8 Å². The van der Waals surface area contributed by atoms with Crippen LogP contribution >= 0.6 is 0 Å². The quantitative estimate of drug-likeness (QED) is 0.506. The van der Waals surface area contributed by atoms with Gasteiger partial charge in [0.1, 0.15) is 0 Å². The SMILES string of the molecule is CNC(=O)CCC(=O)N1C[C@H](N)[C@@H](N)C1. The minimum Gasteiger partial charge on any atom is -0.359 e. The van der Waals surface area contributed by atoms with Gasteiger partial charge in [0.05, 0.1) is 0 Å². The lowest BCUT2D eigenvalue weighted by molar-refractivity contribution is -0.132. The summed E-state index contributed by atoms with van der Waals surface area (Å²) < 4.78 is 0. The molecule has 1 saturated heterocycles. The smallest absolute Gasteiger partial charge is 0.223 e. The van der Waals surface area contributed by atoms with E-state index in [-0.39, 0.29) is 36.7 Å². The summed E-state index contributed by atoms with van der Waals surface area (Å²) in [5.74, 6) is -0.182. The number of nitrogens with one attached hydrogen (secondary N) is 1. The Morgan fingerprint density at radius 3 is 2.27 bits per heavy atom. The maximum absolute atomic E-state index is 11.6. The van der Waals surface area contributed by atoms with E-state index >= 15 is 0 Å². The van der Waals surface area contributed by atoms with E-state index < -0.39 is 0 Å². The first-order chi connectivity index (χ1) is 7.04. The van der Waals surface area contributed by atoms with Crippen molar-refractivity contribution in [2.75, 3.05) is 20.1 Å². The van der Waals surface area contributed by atoms with Crippen LogP contribution in [0, 0.1) is 0 Å². The number of hydrogen-bond donors (Lipinski definition) is 3. The van der Waals surface area contributed by atoms with Crippen molar-refractivity contribution in [3.8, 4) is 0 Å². The molecule has 6 nitrogen and oxygen atoms in total. The van der Waals surface area contributed by atoms with Gasteiger partial charge in [0.2, 0.25) is 11.8 Å². The van der Waals surface area contributed by atoms with Crippen LogP contribution in [0.1, 0.15) is 12.8 Å². The van der Waals surface area contributed by atoms with Crippen LogP contribution in [0.25, 0.3) is 0 Å². The highest BCUT2D eigenvalue weighted by Gasteiger charge is 2.29. The molecule has 1 aliphatic rings. The van der Waals surface area contributed by atoms with Crippen molar-refractivity contribution in [1.29, 1.82) is 0 Å². The lowest BCUT2D eigenvalue weighted by Crippen LogP contribution is -2.39. The zero-order chi connectivity index (χ0) is 11.4. The van der Waals surface area contributed by atoms with Gasteiger partial charge in [0, 0.05) is 45.1 Å². The van der Waals surface area contributed by atoms with Crippen molar-refractivity contribution in [2.45, 2.75) is 24.9 Å². The monoisotopic (exact) mass is 214 g/mol.